The number of benzene rings is 1. The molecule has 2 rings (SSSR count). The average molecular weight is 448 g/mol. The van der Waals surface area contributed by atoms with Gasteiger partial charge in [0.2, 0.25) is 11.8 Å². The molecule has 1 aromatic rings. The summed E-state index contributed by atoms with van der Waals surface area (Å²) in [6.07, 6.45) is 2.20. The minimum Gasteiger partial charge on any atom is -0.508 e. The van der Waals surface area contributed by atoms with E-state index in [4.69, 9.17) is 5.11 Å². The lowest BCUT2D eigenvalue weighted by Gasteiger charge is -2.36. The molecule has 0 unspecified atom stereocenters. The van der Waals surface area contributed by atoms with Crippen molar-refractivity contribution in [2.24, 2.45) is 23.7 Å². The van der Waals surface area contributed by atoms with Gasteiger partial charge in [-0.1, -0.05) is 39.3 Å². The zero-order valence-corrected chi connectivity index (χ0v) is 19.4. The van der Waals surface area contributed by atoms with Crippen molar-refractivity contribution in [2.45, 2.75) is 65.5 Å². The molecule has 0 bridgehead atoms. The lowest BCUT2D eigenvalue weighted by Crippen LogP contribution is -2.52. The van der Waals surface area contributed by atoms with Gasteiger partial charge in [-0.2, -0.15) is 0 Å². The zero-order valence-electron chi connectivity index (χ0n) is 19.4. The highest BCUT2D eigenvalue weighted by atomic mass is 16.4. The van der Waals surface area contributed by atoms with E-state index in [1.165, 1.54) is 6.92 Å². The number of aromatic hydroxyl groups is 1. The van der Waals surface area contributed by atoms with Crippen molar-refractivity contribution in [3.05, 3.63) is 29.8 Å². The van der Waals surface area contributed by atoms with Gasteiger partial charge in [-0.15, -0.1) is 0 Å². The Morgan fingerprint density at radius 1 is 1.06 bits per heavy atom. The number of phenols is 1. The summed E-state index contributed by atoms with van der Waals surface area (Å²) < 4.78 is 0. The van der Waals surface area contributed by atoms with Gasteiger partial charge in [0.15, 0.2) is 0 Å². The Bertz CT molecular complexity index is 780. The Kier molecular flexibility index (Phi) is 9.35. The van der Waals surface area contributed by atoms with Gasteiger partial charge in [0.25, 0.3) is 0 Å². The van der Waals surface area contributed by atoms with Crippen LogP contribution in [0.5, 0.6) is 5.75 Å². The highest BCUT2D eigenvalue weighted by molar-refractivity contribution is 5.85. The number of hydrogen-bond acceptors (Lipinski definition) is 4. The molecular weight excluding hydrogens is 410 g/mol. The molecule has 5 atom stereocenters. The Balaban J connectivity index is 2.07. The number of carboxylic acid groups (broad SMARTS) is 1. The number of phenolic OH excluding ortho intramolecular Hbond substituents is 1. The van der Waals surface area contributed by atoms with Gasteiger partial charge in [-0.25, -0.2) is 4.79 Å². The SMILES string of the molecule is CC(C)[C@@H]1CC[C@@H](C)C[C@H]1C(=O)NC[C@H](Cc1ccc(O)cc1)NC(=O)[C@@H](C)NC(=O)O. The fraction of sp³-hybridized carbons (Fsp3) is 0.625. The van der Waals surface area contributed by atoms with Crippen LogP contribution < -0.4 is 16.0 Å². The van der Waals surface area contributed by atoms with Crippen LogP contribution in [0.25, 0.3) is 0 Å². The number of rotatable bonds is 9. The maximum absolute atomic E-state index is 13.1. The molecule has 0 spiro atoms. The van der Waals surface area contributed by atoms with Crippen molar-refractivity contribution in [2.75, 3.05) is 6.54 Å². The lowest BCUT2D eigenvalue weighted by molar-refractivity contribution is -0.130. The van der Waals surface area contributed by atoms with Crippen molar-refractivity contribution < 1.29 is 24.6 Å². The van der Waals surface area contributed by atoms with Gasteiger partial charge in [0.1, 0.15) is 11.8 Å². The third kappa shape index (κ3) is 7.73. The van der Waals surface area contributed by atoms with E-state index in [0.29, 0.717) is 24.2 Å². The number of hydrogen-bond donors (Lipinski definition) is 5. The van der Waals surface area contributed by atoms with Gasteiger partial charge in [0.05, 0.1) is 6.04 Å². The Morgan fingerprint density at radius 2 is 1.72 bits per heavy atom. The summed E-state index contributed by atoms with van der Waals surface area (Å²) in [6, 6.07) is 5.30. The van der Waals surface area contributed by atoms with Crippen LogP contribution in [-0.2, 0) is 16.0 Å². The molecule has 1 aromatic carbocycles. The minimum atomic E-state index is -1.28. The second-order valence-corrected chi connectivity index (χ2v) is 9.43. The quantitative estimate of drug-likeness (QED) is 0.398. The van der Waals surface area contributed by atoms with E-state index in [1.54, 1.807) is 24.3 Å². The fourth-order valence-corrected chi connectivity index (χ4v) is 4.53. The largest absolute Gasteiger partial charge is 0.508 e. The molecule has 5 N–H and O–H groups in total. The summed E-state index contributed by atoms with van der Waals surface area (Å²) in [5, 5.41) is 26.4. The van der Waals surface area contributed by atoms with Crippen molar-refractivity contribution in [3.8, 4) is 5.75 Å². The molecule has 0 aromatic heterocycles. The first kappa shape index (κ1) is 25.5. The molecule has 1 saturated carbocycles. The summed E-state index contributed by atoms with van der Waals surface area (Å²) in [5.41, 5.74) is 0.882. The van der Waals surface area contributed by atoms with Gasteiger partial charge in [0, 0.05) is 12.5 Å². The van der Waals surface area contributed by atoms with E-state index in [0.717, 1.165) is 24.8 Å². The van der Waals surface area contributed by atoms with Crippen molar-refractivity contribution >= 4 is 17.9 Å². The topological polar surface area (TPSA) is 128 Å². The minimum absolute atomic E-state index is 0.0110. The van der Waals surface area contributed by atoms with Gasteiger partial charge < -0.3 is 26.2 Å². The average Bonchev–Trinajstić information content (AvgIpc) is 2.72. The van der Waals surface area contributed by atoms with Gasteiger partial charge in [-0.3, -0.25) is 9.59 Å². The second kappa shape index (κ2) is 11.7. The van der Waals surface area contributed by atoms with E-state index < -0.39 is 24.1 Å². The van der Waals surface area contributed by atoms with Gasteiger partial charge >= 0.3 is 6.09 Å². The molecular formula is C24H37N3O5. The van der Waals surface area contributed by atoms with Crippen LogP contribution in [0.4, 0.5) is 4.79 Å². The Labute approximate surface area is 190 Å². The molecule has 1 aliphatic carbocycles. The van der Waals surface area contributed by atoms with E-state index in [9.17, 15) is 19.5 Å². The number of carbonyl (C=O) groups excluding carboxylic acids is 2. The second-order valence-electron chi connectivity index (χ2n) is 9.43. The van der Waals surface area contributed by atoms with E-state index in [1.807, 2.05) is 0 Å². The highest BCUT2D eigenvalue weighted by Crippen LogP contribution is 2.38. The third-order valence-corrected chi connectivity index (χ3v) is 6.38. The van der Waals surface area contributed by atoms with Crippen molar-refractivity contribution in [3.63, 3.8) is 0 Å². The van der Waals surface area contributed by atoms with Crippen molar-refractivity contribution in [1.29, 1.82) is 0 Å². The molecule has 8 heteroatoms. The maximum atomic E-state index is 13.1. The standard InChI is InChI=1S/C24H37N3O5/c1-14(2)20-10-5-15(3)11-21(20)23(30)25-13-18(12-17-6-8-19(28)9-7-17)27-22(29)16(4)26-24(31)32/h6-9,14-16,18,20-21,26,28H,5,10-13H2,1-4H3,(H,25,30)(H,27,29)(H,31,32)/t15-,16-,18+,20+,21-/m1/s1. The Hall–Kier alpha value is -2.77. The smallest absolute Gasteiger partial charge is 0.405 e. The number of nitrogens with one attached hydrogen (secondary N) is 3. The molecule has 0 saturated heterocycles. The summed E-state index contributed by atoms with van der Waals surface area (Å²) in [4.78, 5) is 36.4. The first-order valence-electron chi connectivity index (χ1n) is 11.4. The van der Waals surface area contributed by atoms with E-state index in [2.05, 4.69) is 36.7 Å². The molecule has 0 radical (unpaired) electrons. The lowest BCUT2D eigenvalue weighted by atomic mass is 9.70. The highest BCUT2D eigenvalue weighted by Gasteiger charge is 2.35. The summed E-state index contributed by atoms with van der Waals surface area (Å²) >= 11 is 0. The maximum Gasteiger partial charge on any atom is 0.405 e. The fourth-order valence-electron chi connectivity index (χ4n) is 4.53. The van der Waals surface area contributed by atoms with E-state index in [-0.39, 0.29) is 24.1 Å². The zero-order chi connectivity index (χ0) is 23.8. The van der Waals surface area contributed by atoms with Crippen LogP contribution >= 0.6 is 0 Å². The molecule has 32 heavy (non-hydrogen) atoms. The predicted octanol–water partition coefficient (Wildman–Crippen LogP) is 2.90. The van der Waals surface area contributed by atoms with Crippen LogP contribution in [0.3, 0.4) is 0 Å². The Morgan fingerprint density at radius 3 is 2.31 bits per heavy atom. The van der Waals surface area contributed by atoms with E-state index >= 15 is 0 Å². The molecule has 8 nitrogen and oxygen atoms in total. The first-order chi connectivity index (χ1) is 15.1. The molecule has 0 aliphatic heterocycles. The van der Waals surface area contributed by atoms with Crippen LogP contribution in [0.15, 0.2) is 24.3 Å². The van der Waals surface area contributed by atoms with Crippen LogP contribution in [0.1, 0.15) is 52.5 Å². The molecule has 1 fully saturated rings. The summed E-state index contributed by atoms with van der Waals surface area (Å²) in [5.74, 6) is 0.930. The molecule has 0 heterocycles. The predicted molar refractivity (Wildman–Crippen MR) is 122 cm³/mol. The van der Waals surface area contributed by atoms with Crippen molar-refractivity contribution in [1.82, 2.24) is 16.0 Å². The number of carbonyl (C=O) groups is 3. The summed E-state index contributed by atoms with van der Waals surface area (Å²) in [7, 11) is 0. The first-order valence-corrected chi connectivity index (χ1v) is 11.4. The summed E-state index contributed by atoms with van der Waals surface area (Å²) in [6.45, 7) is 8.20. The van der Waals surface area contributed by atoms with Gasteiger partial charge in [-0.05, 0) is 61.6 Å². The van der Waals surface area contributed by atoms with Crippen LogP contribution in [0, 0.1) is 23.7 Å². The molecule has 1 aliphatic rings. The van der Waals surface area contributed by atoms with Crippen LogP contribution in [0.2, 0.25) is 0 Å². The monoisotopic (exact) mass is 447 g/mol. The number of amides is 3. The third-order valence-electron chi connectivity index (χ3n) is 6.38. The molecule has 3 amide bonds. The normalized spacial score (nSPS) is 22.6. The van der Waals surface area contributed by atoms with Crippen LogP contribution in [-0.4, -0.2) is 46.7 Å². The molecule has 178 valence electrons.